The van der Waals surface area contributed by atoms with Crippen molar-refractivity contribution in [3.8, 4) is 0 Å². The summed E-state index contributed by atoms with van der Waals surface area (Å²) in [6.45, 7) is 5.37. The number of ether oxygens (including phenoxy) is 1. The van der Waals surface area contributed by atoms with Crippen molar-refractivity contribution in [2.24, 2.45) is 5.73 Å². The van der Waals surface area contributed by atoms with Crippen molar-refractivity contribution >= 4 is 11.3 Å². The second kappa shape index (κ2) is 4.71. The summed E-state index contributed by atoms with van der Waals surface area (Å²) in [5.74, 6) is 0. The van der Waals surface area contributed by atoms with Crippen LogP contribution in [0.5, 0.6) is 0 Å². The Balaban J connectivity index is 2.13. The minimum Gasteiger partial charge on any atom is -0.374 e. The zero-order chi connectivity index (χ0) is 13.5. The van der Waals surface area contributed by atoms with E-state index >= 15 is 0 Å². The van der Waals surface area contributed by atoms with Gasteiger partial charge in [0.2, 0.25) is 0 Å². The zero-order valence-corrected chi connectivity index (χ0v) is 12.1. The molecule has 4 heteroatoms. The SMILES string of the molecule is CCc1nc(C2(N)COCc3ccccc32)sc1C. The highest BCUT2D eigenvalue weighted by molar-refractivity contribution is 7.11. The van der Waals surface area contributed by atoms with E-state index in [0.717, 1.165) is 22.7 Å². The molecule has 2 heterocycles. The highest BCUT2D eigenvalue weighted by Crippen LogP contribution is 2.36. The Labute approximate surface area is 117 Å². The van der Waals surface area contributed by atoms with Gasteiger partial charge in [0.05, 0.1) is 18.9 Å². The third kappa shape index (κ3) is 2.00. The first-order valence-corrected chi connectivity index (χ1v) is 7.38. The van der Waals surface area contributed by atoms with Crippen LogP contribution in [0.15, 0.2) is 24.3 Å². The van der Waals surface area contributed by atoms with Crippen molar-refractivity contribution in [3.05, 3.63) is 51.0 Å². The fourth-order valence-electron chi connectivity index (χ4n) is 2.60. The van der Waals surface area contributed by atoms with Gasteiger partial charge in [0.1, 0.15) is 10.5 Å². The van der Waals surface area contributed by atoms with E-state index < -0.39 is 5.54 Å². The molecule has 19 heavy (non-hydrogen) atoms. The molecule has 3 rings (SSSR count). The molecule has 1 aliphatic rings. The number of nitrogens with two attached hydrogens (primary N) is 1. The number of hydrogen-bond acceptors (Lipinski definition) is 4. The highest BCUT2D eigenvalue weighted by Gasteiger charge is 2.38. The molecule has 0 bridgehead atoms. The lowest BCUT2D eigenvalue weighted by Gasteiger charge is -2.33. The van der Waals surface area contributed by atoms with Gasteiger partial charge in [0.25, 0.3) is 0 Å². The average molecular weight is 274 g/mol. The van der Waals surface area contributed by atoms with Crippen LogP contribution in [0, 0.1) is 6.92 Å². The van der Waals surface area contributed by atoms with Crippen molar-refractivity contribution < 1.29 is 4.74 Å². The molecule has 0 saturated heterocycles. The van der Waals surface area contributed by atoms with Gasteiger partial charge in [-0.1, -0.05) is 31.2 Å². The third-order valence-electron chi connectivity index (χ3n) is 3.69. The van der Waals surface area contributed by atoms with E-state index in [4.69, 9.17) is 15.5 Å². The second-order valence-electron chi connectivity index (χ2n) is 5.00. The maximum atomic E-state index is 6.65. The first-order chi connectivity index (χ1) is 9.15. The van der Waals surface area contributed by atoms with Crippen molar-refractivity contribution in [1.29, 1.82) is 0 Å². The Morgan fingerprint density at radius 2 is 2.21 bits per heavy atom. The van der Waals surface area contributed by atoms with Crippen molar-refractivity contribution in [3.63, 3.8) is 0 Å². The van der Waals surface area contributed by atoms with Gasteiger partial charge in [-0.05, 0) is 24.5 Å². The van der Waals surface area contributed by atoms with Gasteiger partial charge in [0, 0.05) is 4.88 Å². The summed E-state index contributed by atoms with van der Waals surface area (Å²) in [5.41, 5.74) is 9.52. The highest BCUT2D eigenvalue weighted by atomic mass is 32.1. The zero-order valence-electron chi connectivity index (χ0n) is 11.3. The molecular weight excluding hydrogens is 256 g/mol. The molecule has 2 aromatic rings. The summed E-state index contributed by atoms with van der Waals surface area (Å²) in [6, 6.07) is 8.24. The molecule has 0 saturated carbocycles. The quantitative estimate of drug-likeness (QED) is 0.916. The summed E-state index contributed by atoms with van der Waals surface area (Å²) in [4.78, 5) is 5.99. The van der Waals surface area contributed by atoms with Gasteiger partial charge in [-0.2, -0.15) is 0 Å². The Morgan fingerprint density at radius 3 is 2.95 bits per heavy atom. The van der Waals surface area contributed by atoms with E-state index in [-0.39, 0.29) is 0 Å². The Kier molecular flexibility index (Phi) is 3.17. The summed E-state index contributed by atoms with van der Waals surface area (Å²) in [6.07, 6.45) is 0.945. The average Bonchev–Trinajstić information content (AvgIpc) is 2.81. The minimum atomic E-state index is -0.600. The predicted molar refractivity (Wildman–Crippen MR) is 77.3 cm³/mol. The van der Waals surface area contributed by atoms with Gasteiger partial charge in [-0.25, -0.2) is 4.98 Å². The Hall–Kier alpha value is -1.23. The molecule has 0 aliphatic carbocycles. The lowest BCUT2D eigenvalue weighted by atomic mass is 9.87. The van der Waals surface area contributed by atoms with Crippen LogP contribution in [-0.4, -0.2) is 11.6 Å². The number of fused-ring (bicyclic) bond motifs is 1. The summed E-state index contributed by atoms with van der Waals surface area (Å²) < 4.78 is 5.69. The van der Waals surface area contributed by atoms with Crippen LogP contribution in [0.3, 0.4) is 0 Å². The fourth-order valence-corrected chi connectivity index (χ4v) is 3.71. The topological polar surface area (TPSA) is 48.1 Å². The minimum absolute atomic E-state index is 0.500. The van der Waals surface area contributed by atoms with Crippen LogP contribution in [0.25, 0.3) is 0 Å². The lowest BCUT2D eigenvalue weighted by Crippen LogP contribution is -2.45. The van der Waals surface area contributed by atoms with E-state index in [9.17, 15) is 0 Å². The summed E-state index contributed by atoms with van der Waals surface area (Å²) >= 11 is 1.69. The molecule has 0 spiro atoms. The molecule has 1 unspecified atom stereocenters. The number of aromatic nitrogens is 1. The molecule has 0 amide bonds. The van der Waals surface area contributed by atoms with Crippen LogP contribution in [-0.2, 0) is 23.3 Å². The number of benzene rings is 1. The van der Waals surface area contributed by atoms with Gasteiger partial charge >= 0.3 is 0 Å². The Bertz CT molecular complexity index is 608. The van der Waals surface area contributed by atoms with Gasteiger partial charge in [0.15, 0.2) is 0 Å². The normalized spacial score (nSPS) is 22.3. The molecule has 0 fully saturated rings. The monoisotopic (exact) mass is 274 g/mol. The summed E-state index contributed by atoms with van der Waals surface area (Å²) in [5, 5.41) is 0.967. The van der Waals surface area contributed by atoms with Gasteiger partial charge in [-0.15, -0.1) is 11.3 Å². The van der Waals surface area contributed by atoms with Crippen molar-refractivity contribution in [2.45, 2.75) is 32.4 Å². The van der Waals surface area contributed by atoms with Crippen molar-refractivity contribution in [1.82, 2.24) is 4.98 Å². The van der Waals surface area contributed by atoms with E-state index in [1.165, 1.54) is 10.4 Å². The number of hydrogen-bond donors (Lipinski definition) is 1. The largest absolute Gasteiger partial charge is 0.374 e. The molecule has 2 N–H and O–H groups in total. The number of thiazole rings is 1. The number of aryl methyl sites for hydroxylation is 2. The lowest BCUT2D eigenvalue weighted by molar-refractivity contribution is 0.0671. The van der Waals surface area contributed by atoms with Crippen LogP contribution in [0.1, 0.15) is 33.6 Å². The second-order valence-corrected chi connectivity index (χ2v) is 6.20. The van der Waals surface area contributed by atoms with E-state index in [0.29, 0.717) is 13.2 Å². The van der Waals surface area contributed by atoms with Crippen LogP contribution >= 0.6 is 11.3 Å². The van der Waals surface area contributed by atoms with Gasteiger partial charge in [-0.3, -0.25) is 0 Å². The van der Waals surface area contributed by atoms with E-state index in [1.54, 1.807) is 11.3 Å². The standard InChI is InChI=1S/C15H18N2OS/c1-3-13-10(2)19-14(17-13)15(16)9-18-8-11-6-4-5-7-12(11)15/h4-7H,3,8-9,16H2,1-2H3. The maximum Gasteiger partial charge on any atom is 0.120 e. The van der Waals surface area contributed by atoms with Crippen molar-refractivity contribution in [2.75, 3.05) is 6.61 Å². The molecule has 1 atom stereocenters. The first kappa shape index (κ1) is 12.8. The van der Waals surface area contributed by atoms with Gasteiger partial charge < -0.3 is 10.5 Å². The number of rotatable bonds is 2. The molecule has 1 aliphatic heterocycles. The molecule has 1 aromatic heterocycles. The van der Waals surface area contributed by atoms with E-state index in [2.05, 4.69) is 26.0 Å². The molecule has 1 aromatic carbocycles. The fraction of sp³-hybridized carbons (Fsp3) is 0.400. The van der Waals surface area contributed by atoms with Crippen LogP contribution < -0.4 is 5.73 Å². The van der Waals surface area contributed by atoms with Crippen LogP contribution in [0.2, 0.25) is 0 Å². The van der Waals surface area contributed by atoms with E-state index in [1.807, 2.05) is 12.1 Å². The molecular formula is C15H18N2OS. The van der Waals surface area contributed by atoms with Crippen LogP contribution in [0.4, 0.5) is 0 Å². The first-order valence-electron chi connectivity index (χ1n) is 6.57. The molecule has 0 radical (unpaired) electrons. The molecule has 3 nitrogen and oxygen atoms in total. The molecule has 100 valence electrons. The maximum absolute atomic E-state index is 6.65. The Morgan fingerprint density at radius 1 is 1.42 bits per heavy atom. The summed E-state index contributed by atoms with van der Waals surface area (Å²) in [7, 11) is 0. The third-order valence-corrected chi connectivity index (χ3v) is 4.89. The number of nitrogens with zero attached hydrogens (tertiary/aromatic N) is 1. The predicted octanol–water partition coefficient (Wildman–Crippen LogP) is 2.75. The smallest absolute Gasteiger partial charge is 0.120 e.